The van der Waals surface area contributed by atoms with Gasteiger partial charge in [-0.3, -0.25) is 0 Å². The normalized spacial score (nSPS) is 27.8. The van der Waals surface area contributed by atoms with Crippen LogP contribution in [0.5, 0.6) is 0 Å². The van der Waals surface area contributed by atoms with Crippen LogP contribution in [-0.2, 0) is 0 Å². The third kappa shape index (κ3) is 1.78. The molecule has 0 amide bonds. The van der Waals surface area contributed by atoms with Gasteiger partial charge in [0.1, 0.15) is 0 Å². The predicted molar refractivity (Wildman–Crippen MR) is 50.2 cm³/mol. The Morgan fingerprint density at radius 2 is 1.00 bits per heavy atom. The van der Waals surface area contributed by atoms with Crippen molar-refractivity contribution >= 4 is 0 Å². The van der Waals surface area contributed by atoms with Crippen LogP contribution in [0.1, 0.15) is 24.3 Å². The van der Waals surface area contributed by atoms with Crippen molar-refractivity contribution in [1.29, 1.82) is 0 Å². The Balaban J connectivity index is 2.64. The number of halogens is 5. The molecule has 2 atom stereocenters. The zero-order chi connectivity index (χ0) is 13.6. The molecule has 1 aromatic carbocycles. The molecule has 0 aromatic heterocycles. The van der Waals surface area contributed by atoms with Gasteiger partial charge in [-0.15, -0.1) is 0 Å². The van der Waals surface area contributed by atoms with Crippen LogP contribution in [0.2, 0.25) is 0 Å². The van der Waals surface area contributed by atoms with E-state index in [2.05, 4.69) is 0 Å². The number of hydrogen-bond acceptors (Lipinski definition) is 2. The molecule has 0 saturated heterocycles. The summed E-state index contributed by atoms with van der Waals surface area (Å²) < 4.78 is 65.7. The largest absolute Gasteiger partial charge is 0.392 e. The van der Waals surface area contributed by atoms with Crippen molar-refractivity contribution in [2.75, 3.05) is 0 Å². The molecule has 2 rings (SSSR count). The van der Waals surface area contributed by atoms with Gasteiger partial charge in [-0.1, -0.05) is 0 Å². The lowest BCUT2D eigenvalue weighted by molar-refractivity contribution is 0.102. The molecule has 0 spiro atoms. The summed E-state index contributed by atoms with van der Waals surface area (Å²) in [5.74, 6) is -11.9. The molecule has 2 N–H and O–H groups in total. The molecule has 7 heteroatoms. The van der Waals surface area contributed by atoms with E-state index in [-0.39, 0.29) is 12.8 Å². The molecule has 1 aromatic rings. The molecule has 1 fully saturated rings. The van der Waals surface area contributed by atoms with Crippen molar-refractivity contribution in [1.82, 2.24) is 0 Å². The molecular formula is C11H9F5O2. The minimum absolute atomic E-state index is 0.0331. The van der Waals surface area contributed by atoms with Crippen molar-refractivity contribution in [3.05, 3.63) is 34.6 Å². The minimum atomic E-state index is -2.25. The van der Waals surface area contributed by atoms with Crippen LogP contribution >= 0.6 is 0 Å². The first-order valence-electron chi connectivity index (χ1n) is 5.23. The summed E-state index contributed by atoms with van der Waals surface area (Å²) in [4.78, 5) is 0. The molecule has 0 aliphatic heterocycles. The molecule has 0 heterocycles. The van der Waals surface area contributed by atoms with Gasteiger partial charge in [0.2, 0.25) is 5.82 Å². The smallest absolute Gasteiger partial charge is 0.200 e. The summed E-state index contributed by atoms with van der Waals surface area (Å²) in [6.45, 7) is 0. The second-order valence-corrected chi connectivity index (χ2v) is 4.22. The lowest BCUT2D eigenvalue weighted by Gasteiger charge is -2.20. The van der Waals surface area contributed by atoms with Crippen LogP contribution in [-0.4, -0.2) is 22.4 Å². The van der Waals surface area contributed by atoms with Crippen LogP contribution in [0.4, 0.5) is 22.0 Å². The summed E-state index contributed by atoms with van der Waals surface area (Å²) >= 11 is 0. The first-order chi connectivity index (χ1) is 8.36. The highest BCUT2D eigenvalue weighted by Gasteiger charge is 2.41. The lowest BCUT2D eigenvalue weighted by atomic mass is 9.92. The van der Waals surface area contributed by atoms with Gasteiger partial charge in [0, 0.05) is 11.5 Å². The maximum Gasteiger partial charge on any atom is 0.200 e. The number of aliphatic hydroxyl groups excluding tert-OH is 2. The minimum Gasteiger partial charge on any atom is -0.392 e. The quantitative estimate of drug-likeness (QED) is 0.464. The second kappa shape index (κ2) is 4.47. The van der Waals surface area contributed by atoms with Crippen LogP contribution in [0.3, 0.4) is 0 Å². The molecule has 2 nitrogen and oxygen atoms in total. The molecule has 1 aliphatic carbocycles. The first kappa shape index (κ1) is 13.2. The summed E-state index contributed by atoms with van der Waals surface area (Å²) in [5.41, 5.74) is -1.15. The van der Waals surface area contributed by atoms with Gasteiger partial charge in [0.25, 0.3) is 0 Å². The van der Waals surface area contributed by atoms with E-state index >= 15 is 0 Å². The number of hydrogen-bond donors (Lipinski definition) is 2. The molecule has 100 valence electrons. The highest BCUT2D eigenvalue weighted by Crippen LogP contribution is 2.39. The van der Waals surface area contributed by atoms with Crippen molar-refractivity contribution in [2.24, 2.45) is 0 Å². The molecule has 0 radical (unpaired) electrons. The Labute approximate surface area is 98.7 Å². The maximum absolute atomic E-state index is 13.5. The van der Waals surface area contributed by atoms with Gasteiger partial charge >= 0.3 is 0 Å². The SMILES string of the molecule is OC1CCC(O)C1c1c(F)c(F)c(F)c(F)c1F. The average molecular weight is 268 g/mol. The van der Waals surface area contributed by atoms with E-state index < -0.39 is 52.8 Å². The fourth-order valence-corrected chi connectivity index (χ4v) is 2.26. The highest BCUT2D eigenvalue weighted by atomic mass is 19.2. The zero-order valence-corrected chi connectivity index (χ0v) is 8.93. The van der Waals surface area contributed by atoms with Gasteiger partial charge in [0.05, 0.1) is 12.2 Å². The number of aliphatic hydroxyl groups is 2. The highest BCUT2D eigenvalue weighted by molar-refractivity contribution is 5.30. The van der Waals surface area contributed by atoms with Crippen molar-refractivity contribution in [3.63, 3.8) is 0 Å². The Bertz CT molecular complexity index is 452. The Hall–Kier alpha value is -1.21. The van der Waals surface area contributed by atoms with Crippen molar-refractivity contribution < 1.29 is 32.2 Å². The Morgan fingerprint density at radius 1 is 0.667 bits per heavy atom. The van der Waals surface area contributed by atoms with E-state index in [0.717, 1.165) is 0 Å². The fourth-order valence-electron chi connectivity index (χ4n) is 2.26. The molecule has 1 saturated carbocycles. The van der Waals surface area contributed by atoms with Crippen LogP contribution in [0, 0.1) is 29.1 Å². The molecule has 2 unspecified atom stereocenters. The monoisotopic (exact) mass is 268 g/mol. The summed E-state index contributed by atoms with van der Waals surface area (Å²) in [7, 11) is 0. The molecule has 1 aliphatic rings. The van der Waals surface area contributed by atoms with E-state index in [9.17, 15) is 32.2 Å². The van der Waals surface area contributed by atoms with Gasteiger partial charge in [-0.05, 0) is 12.8 Å². The van der Waals surface area contributed by atoms with Gasteiger partial charge < -0.3 is 10.2 Å². The predicted octanol–water partition coefficient (Wildman–Crippen LogP) is 1.98. The van der Waals surface area contributed by atoms with E-state index in [4.69, 9.17) is 0 Å². The van der Waals surface area contributed by atoms with Crippen molar-refractivity contribution in [2.45, 2.75) is 31.0 Å². The van der Waals surface area contributed by atoms with E-state index in [1.54, 1.807) is 0 Å². The van der Waals surface area contributed by atoms with Crippen LogP contribution < -0.4 is 0 Å². The van der Waals surface area contributed by atoms with Gasteiger partial charge in [0.15, 0.2) is 23.3 Å². The van der Waals surface area contributed by atoms with Crippen LogP contribution in [0.15, 0.2) is 0 Å². The molecular weight excluding hydrogens is 259 g/mol. The third-order valence-electron chi connectivity index (χ3n) is 3.16. The molecule has 0 bridgehead atoms. The maximum atomic E-state index is 13.5. The zero-order valence-electron chi connectivity index (χ0n) is 8.93. The van der Waals surface area contributed by atoms with Gasteiger partial charge in [-0.2, -0.15) is 0 Å². The fraction of sp³-hybridized carbons (Fsp3) is 0.455. The Morgan fingerprint density at radius 3 is 1.39 bits per heavy atom. The second-order valence-electron chi connectivity index (χ2n) is 4.22. The average Bonchev–Trinajstić information content (AvgIpc) is 2.66. The summed E-state index contributed by atoms with van der Waals surface area (Å²) in [6, 6.07) is 0. The van der Waals surface area contributed by atoms with Crippen molar-refractivity contribution in [3.8, 4) is 0 Å². The van der Waals surface area contributed by atoms with Gasteiger partial charge in [-0.25, -0.2) is 22.0 Å². The van der Waals surface area contributed by atoms with Crippen LogP contribution in [0.25, 0.3) is 0 Å². The Kier molecular flexibility index (Phi) is 3.29. The first-order valence-corrected chi connectivity index (χ1v) is 5.23. The van der Waals surface area contributed by atoms with E-state index in [1.165, 1.54) is 0 Å². The van der Waals surface area contributed by atoms with E-state index in [1.807, 2.05) is 0 Å². The number of benzene rings is 1. The lowest BCUT2D eigenvalue weighted by Crippen LogP contribution is -2.24. The third-order valence-corrected chi connectivity index (χ3v) is 3.16. The standard InChI is InChI=1S/C11H9F5O2/c12-7-6(5-3(17)1-2-4(5)18)8(13)10(15)11(16)9(7)14/h3-5,17-18H,1-2H2. The summed E-state index contributed by atoms with van der Waals surface area (Å²) in [5, 5.41) is 19.0. The summed E-state index contributed by atoms with van der Waals surface area (Å²) in [6.07, 6.45) is -2.61. The topological polar surface area (TPSA) is 40.5 Å². The molecule has 18 heavy (non-hydrogen) atoms. The number of rotatable bonds is 1. The van der Waals surface area contributed by atoms with E-state index in [0.29, 0.717) is 0 Å².